The summed E-state index contributed by atoms with van der Waals surface area (Å²) in [6.07, 6.45) is 0.244. The lowest BCUT2D eigenvalue weighted by Crippen LogP contribution is -2.35. The molecular weight excluding hydrogens is 520 g/mol. The number of pyridine rings is 1. The minimum Gasteiger partial charge on any atom is -0.480 e. The zero-order valence-electron chi connectivity index (χ0n) is 20.2. The van der Waals surface area contributed by atoms with Gasteiger partial charge in [0.15, 0.2) is 0 Å². The molecule has 1 aromatic heterocycles. The Morgan fingerprint density at radius 2 is 1.13 bits per heavy atom. The Morgan fingerprint density at radius 3 is 1.50 bits per heavy atom. The first-order valence-electron chi connectivity index (χ1n) is 11.3. The third-order valence-corrected chi connectivity index (χ3v) is 5.20. The molecule has 0 atom stereocenters. The van der Waals surface area contributed by atoms with Crippen LogP contribution in [0.25, 0.3) is 11.1 Å². The van der Waals surface area contributed by atoms with Crippen LogP contribution >= 0.6 is 12.6 Å². The van der Waals surface area contributed by atoms with Crippen LogP contribution in [0.15, 0.2) is 36.4 Å². The van der Waals surface area contributed by atoms with E-state index in [0.29, 0.717) is 34.0 Å². The van der Waals surface area contributed by atoms with Gasteiger partial charge in [-0.1, -0.05) is 12.1 Å². The van der Waals surface area contributed by atoms with Crippen molar-refractivity contribution in [3.63, 3.8) is 0 Å². The Kier molecular flexibility index (Phi) is 11.7. The van der Waals surface area contributed by atoms with Crippen LogP contribution in [0.3, 0.4) is 0 Å². The molecule has 0 saturated carbocycles. The van der Waals surface area contributed by atoms with Gasteiger partial charge in [0, 0.05) is 25.2 Å². The molecule has 0 aliphatic rings. The number of anilines is 1. The summed E-state index contributed by atoms with van der Waals surface area (Å²) in [5, 5.41) is 39.4. The molecule has 5 N–H and O–H groups in total. The number of nitrogens with zero attached hydrogens (tertiary/aromatic N) is 3. The van der Waals surface area contributed by atoms with Crippen molar-refractivity contribution < 1.29 is 44.4 Å². The third kappa shape index (κ3) is 10.9. The molecule has 0 spiro atoms. The van der Waals surface area contributed by atoms with E-state index >= 15 is 0 Å². The summed E-state index contributed by atoms with van der Waals surface area (Å²) in [6, 6.07) is 10.1. The minimum absolute atomic E-state index is 0.144. The lowest BCUT2D eigenvalue weighted by molar-refractivity contribution is -0.144. The van der Waals surface area contributed by atoms with Crippen LogP contribution in [0.5, 0.6) is 0 Å². The molecule has 0 saturated heterocycles. The van der Waals surface area contributed by atoms with Gasteiger partial charge < -0.3 is 25.7 Å². The highest BCUT2D eigenvalue weighted by Gasteiger charge is 2.19. The lowest BCUT2D eigenvalue weighted by atomic mass is 10.0. The Bertz CT molecular complexity index is 1090. The first-order chi connectivity index (χ1) is 17.9. The van der Waals surface area contributed by atoms with Crippen molar-refractivity contribution in [2.24, 2.45) is 0 Å². The van der Waals surface area contributed by atoms with Crippen molar-refractivity contribution in [1.29, 1.82) is 0 Å². The van der Waals surface area contributed by atoms with E-state index in [1.165, 1.54) is 0 Å². The molecule has 0 bridgehead atoms. The number of aromatic nitrogens is 1. The third-order valence-electron chi connectivity index (χ3n) is 4.98. The van der Waals surface area contributed by atoms with Crippen molar-refractivity contribution >= 4 is 48.1 Å². The quantitative estimate of drug-likeness (QED) is 0.163. The molecule has 0 unspecified atom stereocenters. The molecule has 13 nitrogen and oxygen atoms in total. The second-order valence-corrected chi connectivity index (χ2v) is 8.75. The number of carbonyl (C=O) groups is 5. The molecule has 14 heteroatoms. The van der Waals surface area contributed by atoms with Crippen LogP contribution in [0.4, 0.5) is 5.69 Å². The van der Waals surface area contributed by atoms with Crippen LogP contribution in [0.2, 0.25) is 0 Å². The van der Waals surface area contributed by atoms with Crippen LogP contribution in [0.1, 0.15) is 17.8 Å². The monoisotopic (exact) mass is 548 g/mol. The van der Waals surface area contributed by atoms with Gasteiger partial charge in [-0.15, -0.1) is 0 Å². The first kappa shape index (κ1) is 30.2. The topological polar surface area (TPSA) is 198 Å². The zero-order valence-corrected chi connectivity index (χ0v) is 21.1. The largest absolute Gasteiger partial charge is 0.480 e. The number of amides is 1. The summed E-state index contributed by atoms with van der Waals surface area (Å²) in [5.74, 6) is -4.72. The van der Waals surface area contributed by atoms with Gasteiger partial charge in [-0.2, -0.15) is 12.6 Å². The maximum absolute atomic E-state index is 11.8. The Labute approximate surface area is 223 Å². The summed E-state index contributed by atoms with van der Waals surface area (Å²) in [7, 11) is 0. The number of benzene rings is 1. The molecule has 1 heterocycles. The van der Waals surface area contributed by atoms with E-state index in [4.69, 9.17) is 20.4 Å². The van der Waals surface area contributed by atoms with E-state index < -0.39 is 50.1 Å². The maximum Gasteiger partial charge on any atom is 0.317 e. The number of aliphatic carboxylic acids is 4. The molecule has 0 radical (unpaired) electrons. The fraction of sp³-hybridized carbons (Fsp3) is 0.333. The SMILES string of the molecule is O=C(O)CN(CC(=O)O)Cc1cc(-c2ccc(NC(=O)CCS)cc2)cc(CN(CC(=O)O)CC(=O)O)n1. The number of nitrogens with one attached hydrogen (secondary N) is 1. The maximum atomic E-state index is 11.8. The van der Waals surface area contributed by atoms with E-state index in [-0.39, 0.29) is 25.4 Å². The van der Waals surface area contributed by atoms with Crippen molar-refractivity contribution in [1.82, 2.24) is 14.8 Å². The van der Waals surface area contributed by atoms with Crippen molar-refractivity contribution in [3.8, 4) is 11.1 Å². The van der Waals surface area contributed by atoms with E-state index in [9.17, 15) is 24.0 Å². The van der Waals surface area contributed by atoms with Gasteiger partial charge >= 0.3 is 23.9 Å². The Hall–Kier alpha value is -4.01. The molecule has 0 aliphatic carbocycles. The highest BCUT2D eigenvalue weighted by Crippen LogP contribution is 2.24. The van der Waals surface area contributed by atoms with Gasteiger partial charge in [0.2, 0.25) is 5.91 Å². The average molecular weight is 549 g/mol. The standard InChI is InChI=1S/C24H28N4O9S/c29-20(5-6-38)26-17-3-1-15(2-4-17)16-7-18(9-27(11-21(30)31)12-22(32)33)25-19(8-16)10-28(13-23(34)35)14-24(36)37/h1-4,7-8,38H,5-6,9-14H2,(H,26,29)(H,30,31)(H,32,33)(H,34,35)(H,36,37). The van der Waals surface area contributed by atoms with Crippen LogP contribution in [0, 0.1) is 0 Å². The molecular formula is C24H28N4O9S. The number of carboxylic acids is 4. The van der Waals surface area contributed by atoms with E-state index in [1.807, 2.05) is 0 Å². The van der Waals surface area contributed by atoms with Gasteiger partial charge in [0.05, 0.1) is 37.6 Å². The van der Waals surface area contributed by atoms with Crippen molar-refractivity contribution in [2.45, 2.75) is 19.5 Å². The molecule has 1 amide bonds. The minimum atomic E-state index is -1.23. The van der Waals surface area contributed by atoms with Gasteiger partial charge in [0.25, 0.3) is 0 Å². The van der Waals surface area contributed by atoms with E-state index in [1.54, 1.807) is 36.4 Å². The normalized spacial score (nSPS) is 10.9. The molecule has 38 heavy (non-hydrogen) atoms. The molecule has 2 aromatic rings. The lowest BCUT2D eigenvalue weighted by Gasteiger charge is -2.21. The molecule has 0 fully saturated rings. The highest BCUT2D eigenvalue weighted by atomic mass is 32.1. The number of thiol groups is 1. The van der Waals surface area contributed by atoms with Crippen LogP contribution in [-0.4, -0.2) is 96.9 Å². The average Bonchev–Trinajstić information content (AvgIpc) is 2.77. The predicted molar refractivity (Wildman–Crippen MR) is 138 cm³/mol. The number of carbonyl (C=O) groups excluding carboxylic acids is 1. The van der Waals surface area contributed by atoms with Gasteiger partial charge in [-0.25, -0.2) is 0 Å². The first-order valence-corrected chi connectivity index (χ1v) is 11.9. The number of rotatable bonds is 16. The molecule has 204 valence electrons. The van der Waals surface area contributed by atoms with Crippen molar-refractivity contribution in [3.05, 3.63) is 47.8 Å². The molecule has 0 aliphatic heterocycles. The summed E-state index contributed by atoms with van der Waals surface area (Å²) >= 11 is 4.03. The Balaban J connectivity index is 2.44. The fourth-order valence-electron chi connectivity index (χ4n) is 3.61. The second kappa shape index (κ2) is 14.7. The van der Waals surface area contributed by atoms with Crippen LogP contribution < -0.4 is 5.32 Å². The fourth-order valence-corrected chi connectivity index (χ4v) is 3.81. The summed E-state index contributed by atoms with van der Waals surface area (Å²) in [4.78, 5) is 63.5. The Morgan fingerprint density at radius 1 is 0.711 bits per heavy atom. The second-order valence-electron chi connectivity index (χ2n) is 8.30. The summed E-state index contributed by atoms with van der Waals surface area (Å²) in [6.45, 7) is -2.52. The number of hydrogen-bond donors (Lipinski definition) is 6. The molecule has 2 rings (SSSR count). The van der Waals surface area contributed by atoms with E-state index in [2.05, 4.69) is 22.9 Å². The summed E-state index contributed by atoms with van der Waals surface area (Å²) < 4.78 is 0. The molecule has 1 aromatic carbocycles. The van der Waals surface area contributed by atoms with Crippen LogP contribution in [-0.2, 0) is 37.1 Å². The van der Waals surface area contributed by atoms with E-state index in [0.717, 1.165) is 9.80 Å². The number of hydrogen-bond acceptors (Lipinski definition) is 9. The summed E-state index contributed by atoms with van der Waals surface area (Å²) in [5.41, 5.74) is 2.43. The number of carboxylic acid groups (broad SMARTS) is 4. The smallest absolute Gasteiger partial charge is 0.317 e. The zero-order chi connectivity index (χ0) is 28.2. The van der Waals surface area contributed by atoms with Gasteiger partial charge in [-0.3, -0.25) is 38.8 Å². The van der Waals surface area contributed by atoms with Gasteiger partial charge in [-0.05, 0) is 41.1 Å². The van der Waals surface area contributed by atoms with Crippen molar-refractivity contribution in [2.75, 3.05) is 37.2 Å². The van der Waals surface area contributed by atoms with Gasteiger partial charge in [0.1, 0.15) is 0 Å². The predicted octanol–water partition coefficient (Wildman–Crippen LogP) is 0.949. The highest BCUT2D eigenvalue weighted by molar-refractivity contribution is 7.80.